The third-order valence-electron chi connectivity index (χ3n) is 4.16. The molecular formula is C19H20F2N2O4S. The van der Waals surface area contributed by atoms with E-state index in [0.29, 0.717) is 37.3 Å². The highest BCUT2D eigenvalue weighted by Gasteiger charge is 2.30. The van der Waals surface area contributed by atoms with Crippen molar-refractivity contribution in [2.45, 2.75) is 18.7 Å². The summed E-state index contributed by atoms with van der Waals surface area (Å²) < 4.78 is 55.9. The summed E-state index contributed by atoms with van der Waals surface area (Å²) in [6, 6.07) is 7.62. The Morgan fingerprint density at radius 1 is 1.04 bits per heavy atom. The number of nitrogens with zero attached hydrogens (tertiary/aromatic N) is 2. The van der Waals surface area contributed by atoms with Crippen LogP contribution in [0.4, 0.5) is 19.3 Å². The van der Waals surface area contributed by atoms with Crippen molar-refractivity contribution in [1.82, 2.24) is 4.90 Å². The number of hydrogen-bond acceptors (Lipinski definition) is 4. The maximum atomic E-state index is 13.2. The van der Waals surface area contributed by atoms with Gasteiger partial charge in [0, 0.05) is 43.5 Å². The van der Waals surface area contributed by atoms with Gasteiger partial charge in [0.2, 0.25) is 0 Å². The van der Waals surface area contributed by atoms with Crippen LogP contribution in [-0.4, -0.2) is 39.0 Å². The molecule has 1 fully saturated rings. The number of carbonyl (C=O) groups is 1. The summed E-state index contributed by atoms with van der Waals surface area (Å²) in [7, 11) is -4.27. The van der Waals surface area contributed by atoms with Crippen LogP contribution >= 0.6 is 0 Å². The number of hydrogen-bond donors (Lipinski definition) is 0. The lowest BCUT2D eigenvalue weighted by molar-refractivity contribution is 0.215. The molecule has 1 saturated heterocycles. The molecule has 150 valence electrons. The first-order chi connectivity index (χ1) is 13.2. The van der Waals surface area contributed by atoms with Gasteiger partial charge in [0.05, 0.1) is 0 Å². The van der Waals surface area contributed by atoms with Gasteiger partial charge in [-0.1, -0.05) is 13.8 Å². The SMILES string of the molecule is CC(C)CN1CCN(c2ccc(S(=O)(=O)Oc3cc(F)cc(F)c3)cc2)C1=O. The Labute approximate surface area is 162 Å². The van der Waals surface area contributed by atoms with Crippen molar-refractivity contribution < 1.29 is 26.2 Å². The summed E-state index contributed by atoms with van der Waals surface area (Å²) in [6.45, 7) is 5.82. The molecule has 2 aromatic rings. The van der Waals surface area contributed by atoms with Gasteiger partial charge >= 0.3 is 16.1 Å². The molecule has 6 nitrogen and oxygen atoms in total. The molecule has 3 rings (SSSR count). The van der Waals surface area contributed by atoms with Crippen LogP contribution in [0.3, 0.4) is 0 Å². The van der Waals surface area contributed by atoms with Crippen LogP contribution in [0.15, 0.2) is 47.4 Å². The first-order valence-electron chi connectivity index (χ1n) is 8.73. The third-order valence-corrected chi connectivity index (χ3v) is 5.42. The van der Waals surface area contributed by atoms with Crippen LogP contribution in [0.5, 0.6) is 5.75 Å². The maximum Gasteiger partial charge on any atom is 0.339 e. The second kappa shape index (κ2) is 7.75. The zero-order chi connectivity index (χ0) is 20.5. The zero-order valence-electron chi connectivity index (χ0n) is 15.4. The lowest BCUT2D eigenvalue weighted by atomic mass is 10.2. The molecule has 0 bridgehead atoms. The highest BCUT2D eigenvalue weighted by atomic mass is 32.2. The van der Waals surface area contributed by atoms with Crippen molar-refractivity contribution in [3.63, 3.8) is 0 Å². The molecule has 9 heteroatoms. The summed E-state index contributed by atoms with van der Waals surface area (Å²) >= 11 is 0. The van der Waals surface area contributed by atoms with Crippen molar-refractivity contribution in [3.8, 4) is 5.75 Å². The van der Waals surface area contributed by atoms with E-state index in [1.54, 1.807) is 9.80 Å². The summed E-state index contributed by atoms with van der Waals surface area (Å²) in [5.74, 6) is -2.00. The molecule has 2 aromatic carbocycles. The lowest BCUT2D eigenvalue weighted by Gasteiger charge is -2.20. The molecule has 28 heavy (non-hydrogen) atoms. The Balaban J connectivity index is 1.76. The van der Waals surface area contributed by atoms with E-state index in [2.05, 4.69) is 0 Å². The number of benzene rings is 2. The molecule has 2 amide bonds. The van der Waals surface area contributed by atoms with Gasteiger partial charge in [0.1, 0.15) is 22.3 Å². The highest BCUT2D eigenvalue weighted by Crippen LogP contribution is 2.25. The molecule has 1 heterocycles. The first kappa shape index (κ1) is 20.1. The van der Waals surface area contributed by atoms with Crippen molar-refractivity contribution in [2.24, 2.45) is 5.92 Å². The monoisotopic (exact) mass is 410 g/mol. The average molecular weight is 410 g/mol. The van der Waals surface area contributed by atoms with Gasteiger partial charge in [-0.05, 0) is 30.2 Å². The average Bonchev–Trinajstić information content (AvgIpc) is 2.94. The van der Waals surface area contributed by atoms with Crippen molar-refractivity contribution in [2.75, 3.05) is 24.5 Å². The van der Waals surface area contributed by atoms with Crippen LogP contribution in [0, 0.1) is 17.6 Å². The smallest absolute Gasteiger partial charge is 0.339 e. The quantitative estimate of drug-likeness (QED) is 0.682. The van der Waals surface area contributed by atoms with E-state index in [0.717, 1.165) is 12.1 Å². The summed E-state index contributed by atoms with van der Waals surface area (Å²) in [6.07, 6.45) is 0. The molecule has 1 aliphatic rings. The Morgan fingerprint density at radius 2 is 1.64 bits per heavy atom. The molecule has 1 aliphatic heterocycles. The number of anilines is 1. The Kier molecular flexibility index (Phi) is 5.55. The number of carbonyl (C=O) groups excluding carboxylic acids is 1. The Hall–Kier alpha value is -2.68. The minimum absolute atomic E-state index is 0.129. The zero-order valence-corrected chi connectivity index (χ0v) is 16.2. The topological polar surface area (TPSA) is 66.9 Å². The van der Waals surface area contributed by atoms with E-state index in [-0.39, 0.29) is 10.9 Å². The van der Waals surface area contributed by atoms with Crippen LogP contribution in [0.25, 0.3) is 0 Å². The number of amides is 2. The largest absolute Gasteiger partial charge is 0.379 e. The van der Waals surface area contributed by atoms with E-state index in [1.807, 2.05) is 13.8 Å². The van der Waals surface area contributed by atoms with Crippen LogP contribution in [0.2, 0.25) is 0 Å². The second-order valence-electron chi connectivity index (χ2n) is 6.91. The summed E-state index contributed by atoms with van der Waals surface area (Å²) in [4.78, 5) is 15.6. The van der Waals surface area contributed by atoms with Gasteiger partial charge in [-0.2, -0.15) is 8.42 Å². The van der Waals surface area contributed by atoms with E-state index >= 15 is 0 Å². The van der Waals surface area contributed by atoms with Crippen LogP contribution in [0.1, 0.15) is 13.8 Å². The molecule has 0 radical (unpaired) electrons. The standard InChI is InChI=1S/C19H20F2N2O4S/c1-13(2)12-22-7-8-23(19(22)24)16-3-5-18(6-4-16)28(25,26)27-17-10-14(20)9-15(21)11-17/h3-6,9-11,13H,7-8,12H2,1-2H3. The molecule has 0 aliphatic carbocycles. The van der Waals surface area contributed by atoms with Gasteiger partial charge in [-0.25, -0.2) is 13.6 Å². The van der Waals surface area contributed by atoms with E-state index in [1.165, 1.54) is 24.3 Å². The first-order valence-corrected chi connectivity index (χ1v) is 10.1. The minimum atomic E-state index is -4.27. The van der Waals surface area contributed by atoms with Crippen LogP contribution in [-0.2, 0) is 10.1 Å². The van der Waals surface area contributed by atoms with Gasteiger partial charge in [0.25, 0.3) is 0 Å². The van der Waals surface area contributed by atoms with Crippen molar-refractivity contribution in [3.05, 3.63) is 54.1 Å². The maximum absolute atomic E-state index is 13.2. The third kappa shape index (κ3) is 4.41. The fourth-order valence-corrected chi connectivity index (χ4v) is 3.89. The number of halogens is 2. The van der Waals surface area contributed by atoms with E-state index in [4.69, 9.17) is 4.18 Å². The fraction of sp³-hybridized carbons (Fsp3) is 0.316. The second-order valence-corrected chi connectivity index (χ2v) is 8.46. The Bertz CT molecular complexity index is 958. The predicted molar refractivity (Wildman–Crippen MR) is 99.8 cm³/mol. The molecule has 0 atom stereocenters. The van der Waals surface area contributed by atoms with Gasteiger partial charge in [0.15, 0.2) is 0 Å². The fourth-order valence-electron chi connectivity index (χ4n) is 2.98. The summed E-state index contributed by atoms with van der Waals surface area (Å²) in [5.41, 5.74) is 0.562. The number of urea groups is 1. The summed E-state index contributed by atoms with van der Waals surface area (Å²) in [5, 5.41) is 0. The molecular weight excluding hydrogens is 390 g/mol. The highest BCUT2D eigenvalue weighted by molar-refractivity contribution is 7.87. The van der Waals surface area contributed by atoms with Crippen molar-refractivity contribution >= 4 is 21.8 Å². The van der Waals surface area contributed by atoms with E-state index < -0.39 is 27.5 Å². The van der Waals surface area contributed by atoms with Crippen LogP contribution < -0.4 is 9.08 Å². The lowest BCUT2D eigenvalue weighted by Crippen LogP contribution is -2.34. The molecule has 0 spiro atoms. The minimum Gasteiger partial charge on any atom is -0.379 e. The number of rotatable bonds is 6. The predicted octanol–water partition coefficient (Wildman–Crippen LogP) is 3.63. The van der Waals surface area contributed by atoms with Crippen molar-refractivity contribution in [1.29, 1.82) is 0 Å². The molecule has 0 aromatic heterocycles. The van der Waals surface area contributed by atoms with E-state index in [9.17, 15) is 22.0 Å². The van der Waals surface area contributed by atoms with Gasteiger partial charge < -0.3 is 9.08 Å². The Morgan fingerprint density at radius 3 is 2.21 bits per heavy atom. The normalized spacial score (nSPS) is 14.8. The molecule has 0 N–H and O–H groups in total. The molecule has 0 unspecified atom stereocenters. The van der Waals surface area contributed by atoms with Gasteiger partial charge in [-0.3, -0.25) is 4.90 Å². The van der Waals surface area contributed by atoms with Gasteiger partial charge in [-0.15, -0.1) is 0 Å². The molecule has 0 saturated carbocycles.